The molecule has 0 aliphatic heterocycles. The summed E-state index contributed by atoms with van der Waals surface area (Å²) >= 11 is 0. The van der Waals surface area contributed by atoms with Gasteiger partial charge in [-0.15, -0.1) is 0 Å². The van der Waals surface area contributed by atoms with Crippen LogP contribution in [0.5, 0.6) is 0 Å². The highest BCUT2D eigenvalue weighted by molar-refractivity contribution is 6.17. The molecule has 1 aliphatic carbocycles. The van der Waals surface area contributed by atoms with Crippen molar-refractivity contribution >= 4 is 23.2 Å². The summed E-state index contributed by atoms with van der Waals surface area (Å²) in [4.78, 5) is 24.4. The second kappa shape index (κ2) is 7.79. The van der Waals surface area contributed by atoms with E-state index in [2.05, 4.69) is 16.8 Å². The molecule has 0 atom stereocenters. The molecule has 1 aromatic rings. The predicted octanol–water partition coefficient (Wildman–Crippen LogP) is 4.24. The second-order valence-corrected chi connectivity index (χ2v) is 4.77. The molecular weight excluding hydrogens is 290 g/mol. The molecule has 0 heterocycles. The summed E-state index contributed by atoms with van der Waals surface area (Å²) in [6.07, 6.45) is 11.7. The molecule has 116 valence electrons. The molecule has 0 unspecified atom stereocenters. The molecule has 2 amide bonds. The number of rotatable bonds is 4. The zero-order chi connectivity index (χ0) is 16.7. The number of hydrogen-bond donors (Lipinski definition) is 0. The zero-order valence-electron chi connectivity index (χ0n) is 12.8. The third kappa shape index (κ3) is 4.44. The van der Waals surface area contributed by atoms with Gasteiger partial charge in [-0.25, -0.2) is 4.90 Å². The van der Waals surface area contributed by atoms with Gasteiger partial charge >= 0.3 is 0 Å². The van der Waals surface area contributed by atoms with Gasteiger partial charge in [-0.05, 0) is 48.9 Å². The Morgan fingerprint density at radius 3 is 2.57 bits per heavy atom. The van der Waals surface area contributed by atoms with E-state index in [0.717, 1.165) is 23.1 Å². The lowest BCUT2D eigenvalue weighted by molar-refractivity contribution is -0.122. The molecule has 0 saturated carbocycles. The molecule has 1 aliphatic rings. The molecule has 0 aromatic heterocycles. The Hall–Kier alpha value is -3.08. The Labute approximate surface area is 135 Å². The standard InChI is InChI=1S/C18H17N3O2/c1-3-18(23)21(14(2)22)17-12-10-16(11-13-17)20-19-15-8-6-4-5-7-9-15/h3-4,6-13H,1,5H2,2H3/b20-19+. The van der Waals surface area contributed by atoms with Gasteiger partial charge in [0.2, 0.25) is 5.91 Å². The summed E-state index contributed by atoms with van der Waals surface area (Å²) in [6, 6.07) is 6.69. The Morgan fingerprint density at radius 2 is 1.91 bits per heavy atom. The van der Waals surface area contributed by atoms with Crippen molar-refractivity contribution in [3.8, 4) is 0 Å². The van der Waals surface area contributed by atoms with Crippen LogP contribution < -0.4 is 4.90 Å². The first-order chi connectivity index (χ1) is 11.1. The summed E-state index contributed by atoms with van der Waals surface area (Å²) in [5, 5.41) is 8.30. The van der Waals surface area contributed by atoms with E-state index in [9.17, 15) is 9.59 Å². The molecule has 0 saturated heterocycles. The highest BCUT2D eigenvalue weighted by Gasteiger charge is 2.17. The van der Waals surface area contributed by atoms with Gasteiger partial charge in [0.1, 0.15) is 0 Å². The number of benzene rings is 1. The number of imide groups is 1. The van der Waals surface area contributed by atoms with Gasteiger partial charge in [0, 0.05) is 6.92 Å². The predicted molar refractivity (Wildman–Crippen MR) is 90.3 cm³/mol. The van der Waals surface area contributed by atoms with Crippen molar-refractivity contribution in [3.63, 3.8) is 0 Å². The maximum atomic E-state index is 11.7. The largest absolute Gasteiger partial charge is 0.274 e. The Balaban J connectivity index is 2.17. The third-order valence-electron chi connectivity index (χ3n) is 3.06. The fourth-order valence-corrected chi connectivity index (χ4v) is 1.97. The topological polar surface area (TPSA) is 62.1 Å². The van der Waals surface area contributed by atoms with Crippen molar-refractivity contribution in [2.45, 2.75) is 13.3 Å². The van der Waals surface area contributed by atoms with Gasteiger partial charge < -0.3 is 0 Å². The van der Waals surface area contributed by atoms with Crippen LogP contribution in [-0.4, -0.2) is 11.8 Å². The van der Waals surface area contributed by atoms with Crippen molar-refractivity contribution in [3.05, 3.63) is 73.0 Å². The van der Waals surface area contributed by atoms with Gasteiger partial charge in [-0.1, -0.05) is 24.8 Å². The van der Waals surface area contributed by atoms with E-state index in [4.69, 9.17) is 0 Å². The minimum atomic E-state index is -0.465. The van der Waals surface area contributed by atoms with E-state index in [-0.39, 0.29) is 5.91 Å². The van der Waals surface area contributed by atoms with Gasteiger partial charge in [0.15, 0.2) is 0 Å². The van der Waals surface area contributed by atoms with Crippen LogP contribution in [0.15, 0.2) is 83.2 Å². The molecule has 5 nitrogen and oxygen atoms in total. The first kappa shape index (κ1) is 16.3. The van der Waals surface area contributed by atoms with Crippen LogP contribution in [0.1, 0.15) is 13.3 Å². The van der Waals surface area contributed by atoms with E-state index < -0.39 is 5.91 Å². The molecule has 23 heavy (non-hydrogen) atoms. The zero-order valence-corrected chi connectivity index (χ0v) is 12.8. The summed E-state index contributed by atoms with van der Waals surface area (Å²) in [5.41, 5.74) is 1.86. The van der Waals surface area contributed by atoms with Crippen LogP contribution in [-0.2, 0) is 9.59 Å². The monoisotopic (exact) mass is 307 g/mol. The summed E-state index contributed by atoms with van der Waals surface area (Å²) < 4.78 is 0. The first-order valence-corrected chi connectivity index (χ1v) is 7.14. The summed E-state index contributed by atoms with van der Waals surface area (Å²) in [7, 11) is 0. The molecule has 0 bridgehead atoms. The first-order valence-electron chi connectivity index (χ1n) is 7.14. The molecular formula is C18H17N3O2. The number of carbonyl (C=O) groups is 2. The summed E-state index contributed by atoms with van der Waals surface area (Å²) in [5.74, 6) is -0.836. The smallest absolute Gasteiger partial charge is 0.257 e. The molecule has 0 spiro atoms. The summed E-state index contributed by atoms with van der Waals surface area (Å²) in [6.45, 7) is 4.73. The van der Waals surface area contributed by atoms with Crippen LogP contribution in [0, 0.1) is 0 Å². The van der Waals surface area contributed by atoms with Crippen LogP contribution in [0.3, 0.4) is 0 Å². The normalized spacial score (nSPS) is 13.5. The number of hydrogen-bond acceptors (Lipinski definition) is 4. The molecule has 0 radical (unpaired) electrons. The average molecular weight is 307 g/mol. The quantitative estimate of drug-likeness (QED) is 0.617. The molecule has 0 N–H and O–H groups in total. The number of nitrogens with zero attached hydrogens (tertiary/aromatic N) is 3. The fourth-order valence-electron chi connectivity index (χ4n) is 1.97. The maximum Gasteiger partial charge on any atom is 0.257 e. The fraction of sp³-hybridized carbons (Fsp3) is 0.111. The molecule has 1 aromatic carbocycles. The van der Waals surface area contributed by atoms with Gasteiger partial charge in [0.25, 0.3) is 5.91 Å². The lowest BCUT2D eigenvalue weighted by Gasteiger charge is -2.17. The number of amides is 2. The van der Waals surface area contributed by atoms with Crippen molar-refractivity contribution in [1.29, 1.82) is 0 Å². The Bertz CT molecular complexity index is 725. The number of carbonyl (C=O) groups excluding carboxylic acids is 2. The van der Waals surface area contributed by atoms with Crippen LogP contribution >= 0.6 is 0 Å². The van der Waals surface area contributed by atoms with Crippen LogP contribution in [0.2, 0.25) is 0 Å². The number of allylic oxidation sites excluding steroid dienone is 5. The molecule has 0 fully saturated rings. The van der Waals surface area contributed by atoms with Crippen molar-refractivity contribution < 1.29 is 9.59 Å². The average Bonchev–Trinajstić information content (AvgIpc) is 2.82. The van der Waals surface area contributed by atoms with E-state index in [0.29, 0.717) is 11.4 Å². The minimum absolute atomic E-state index is 0.371. The number of anilines is 1. The SMILES string of the molecule is C=CC(=O)N(C(C)=O)c1ccc(/N=N/C2=CC=CCC=C2)cc1. The molecule has 5 heteroatoms. The van der Waals surface area contributed by atoms with E-state index >= 15 is 0 Å². The van der Waals surface area contributed by atoms with Crippen molar-refractivity contribution in [1.82, 2.24) is 0 Å². The lowest BCUT2D eigenvalue weighted by Crippen LogP contribution is -2.33. The number of azo groups is 1. The maximum absolute atomic E-state index is 11.7. The van der Waals surface area contributed by atoms with Gasteiger partial charge in [-0.3, -0.25) is 9.59 Å². The third-order valence-corrected chi connectivity index (χ3v) is 3.06. The Morgan fingerprint density at radius 1 is 1.17 bits per heavy atom. The van der Waals surface area contributed by atoms with Crippen molar-refractivity contribution in [2.75, 3.05) is 4.90 Å². The van der Waals surface area contributed by atoms with Gasteiger partial charge in [0.05, 0.1) is 17.1 Å². The highest BCUT2D eigenvalue weighted by atomic mass is 16.2. The molecule has 2 rings (SSSR count). The van der Waals surface area contributed by atoms with Crippen molar-refractivity contribution in [2.24, 2.45) is 10.2 Å². The lowest BCUT2D eigenvalue weighted by atomic mass is 10.2. The second-order valence-electron chi connectivity index (χ2n) is 4.77. The van der Waals surface area contributed by atoms with E-state index in [1.54, 1.807) is 24.3 Å². The van der Waals surface area contributed by atoms with Gasteiger partial charge in [-0.2, -0.15) is 10.2 Å². The highest BCUT2D eigenvalue weighted by Crippen LogP contribution is 2.21. The Kier molecular flexibility index (Phi) is 5.52. The van der Waals surface area contributed by atoms with Crippen LogP contribution in [0.4, 0.5) is 11.4 Å². The van der Waals surface area contributed by atoms with E-state index in [1.165, 1.54) is 6.92 Å². The van der Waals surface area contributed by atoms with Crippen LogP contribution in [0.25, 0.3) is 0 Å². The minimum Gasteiger partial charge on any atom is -0.274 e. The van der Waals surface area contributed by atoms with E-state index in [1.807, 2.05) is 30.4 Å².